The van der Waals surface area contributed by atoms with E-state index in [1.807, 2.05) is 6.07 Å². The maximum absolute atomic E-state index is 12.2. The predicted molar refractivity (Wildman–Crippen MR) is 110 cm³/mol. The minimum atomic E-state index is -0.383. The molecule has 148 valence electrons. The van der Waals surface area contributed by atoms with Crippen molar-refractivity contribution in [3.05, 3.63) is 59.4 Å². The van der Waals surface area contributed by atoms with Crippen molar-refractivity contribution in [3.8, 4) is 11.5 Å². The SMILES string of the molecule is Nc1c(NNC(=O)c2cccc(Cl)c2)ncnc1Nc1ccc2c(c1)OCCO2. The summed E-state index contributed by atoms with van der Waals surface area (Å²) in [6.45, 7) is 1.01. The van der Waals surface area contributed by atoms with Crippen molar-refractivity contribution in [1.29, 1.82) is 0 Å². The topological polar surface area (TPSA) is 123 Å². The van der Waals surface area contributed by atoms with Crippen LogP contribution < -0.4 is 31.4 Å². The molecule has 4 rings (SSSR count). The molecule has 0 unspecified atom stereocenters. The lowest BCUT2D eigenvalue weighted by Crippen LogP contribution is -2.30. The van der Waals surface area contributed by atoms with Crippen LogP contribution in [0.2, 0.25) is 5.02 Å². The van der Waals surface area contributed by atoms with Crippen molar-refractivity contribution in [3.63, 3.8) is 0 Å². The normalized spacial score (nSPS) is 12.2. The quantitative estimate of drug-likeness (QED) is 0.471. The third kappa shape index (κ3) is 4.25. The fourth-order valence-electron chi connectivity index (χ4n) is 2.67. The minimum Gasteiger partial charge on any atom is -0.486 e. The fraction of sp³-hybridized carbons (Fsp3) is 0.105. The first-order chi connectivity index (χ1) is 14.1. The first kappa shape index (κ1) is 18.6. The smallest absolute Gasteiger partial charge is 0.269 e. The third-order valence-electron chi connectivity index (χ3n) is 4.07. The monoisotopic (exact) mass is 412 g/mol. The molecule has 5 N–H and O–H groups in total. The number of nitrogens with zero attached hydrogens (tertiary/aromatic N) is 2. The van der Waals surface area contributed by atoms with Crippen LogP contribution in [0.25, 0.3) is 0 Å². The number of hydrogen-bond donors (Lipinski definition) is 4. The number of halogens is 1. The maximum atomic E-state index is 12.2. The largest absolute Gasteiger partial charge is 0.486 e. The molecule has 29 heavy (non-hydrogen) atoms. The van der Waals surface area contributed by atoms with Crippen molar-refractivity contribution < 1.29 is 14.3 Å². The molecule has 10 heteroatoms. The number of nitrogens with one attached hydrogen (secondary N) is 3. The molecule has 1 amide bonds. The molecular weight excluding hydrogens is 396 g/mol. The number of rotatable bonds is 5. The summed E-state index contributed by atoms with van der Waals surface area (Å²) in [4.78, 5) is 20.5. The third-order valence-corrected chi connectivity index (χ3v) is 4.31. The van der Waals surface area contributed by atoms with E-state index in [1.165, 1.54) is 6.33 Å². The molecule has 0 bridgehead atoms. The van der Waals surface area contributed by atoms with Crippen LogP contribution in [0.15, 0.2) is 48.8 Å². The van der Waals surface area contributed by atoms with Gasteiger partial charge < -0.3 is 20.5 Å². The van der Waals surface area contributed by atoms with Crippen molar-refractivity contribution in [1.82, 2.24) is 15.4 Å². The molecule has 0 saturated heterocycles. The number of hydrazine groups is 1. The van der Waals surface area contributed by atoms with E-state index in [9.17, 15) is 4.79 Å². The van der Waals surface area contributed by atoms with E-state index in [-0.39, 0.29) is 17.4 Å². The van der Waals surface area contributed by atoms with Crippen LogP contribution in [0.4, 0.5) is 23.0 Å². The van der Waals surface area contributed by atoms with Crippen LogP contribution in [-0.2, 0) is 0 Å². The van der Waals surface area contributed by atoms with E-state index < -0.39 is 0 Å². The maximum Gasteiger partial charge on any atom is 0.269 e. The molecule has 1 aliphatic rings. The summed E-state index contributed by atoms with van der Waals surface area (Å²) in [7, 11) is 0. The van der Waals surface area contributed by atoms with Crippen LogP contribution in [0, 0.1) is 0 Å². The number of carbonyl (C=O) groups is 1. The number of anilines is 4. The highest BCUT2D eigenvalue weighted by molar-refractivity contribution is 6.30. The van der Waals surface area contributed by atoms with Gasteiger partial charge in [0.2, 0.25) is 0 Å². The second-order valence-electron chi connectivity index (χ2n) is 6.06. The van der Waals surface area contributed by atoms with Gasteiger partial charge in [0.1, 0.15) is 25.2 Å². The highest BCUT2D eigenvalue weighted by Gasteiger charge is 2.14. The van der Waals surface area contributed by atoms with Gasteiger partial charge in [0.05, 0.1) is 0 Å². The molecule has 0 spiro atoms. The van der Waals surface area contributed by atoms with Gasteiger partial charge in [-0.3, -0.25) is 15.6 Å². The molecular formula is C19H17ClN6O3. The van der Waals surface area contributed by atoms with Crippen LogP contribution >= 0.6 is 11.6 Å². The standard InChI is InChI=1S/C19H17ClN6O3/c20-12-3-1-2-11(8-12)19(27)26-25-18-16(21)17(22-10-23-18)24-13-4-5-14-15(9-13)29-7-6-28-14/h1-5,8-10H,6-7,21H2,(H,26,27)(H2,22,23,24,25). The Morgan fingerprint density at radius 1 is 1.03 bits per heavy atom. The van der Waals surface area contributed by atoms with E-state index in [1.54, 1.807) is 36.4 Å². The van der Waals surface area contributed by atoms with Crippen molar-refractivity contribution in [2.45, 2.75) is 0 Å². The minimum absolute atomic E-state index is 0.230. The lowest BCUT2D eigenvalue weighted by Gasteiger charge is -2.19. The summed E-state index contributed by atoms with van der Waals surface area (Å²) in [5, 5.41) is 3.57. The van der Waals surface area contributed by atoms with Crippen LogP contribution in [0.1, 0.15) is 10.4 Å². The first-order valence-electron chi connectivity index (χ1n) is 8.69. The molecule has 0 radical (unpaired) electrons. The molecule has 0 aliphatic carbocycles. The van der Waals surface area contributed by atoms with Gasteiger partial charge in [0, 0.05) is 22.3 Å². The molecule has 2 aromatic carbocycles. The number of nitrogens with two attached hydrogens (primary N) is 1. The molecule has 1 aromatic heterocycles. The van der Waals surface area contributed by atoms with Crippen LogP contribution in [-0.4, -0.2) is 29.1 Å². The molecule has 0 fully saturated rings. The van der Waals surface area contributed by atoms with Crippen molar-refractivity contribution >= 4 is 40.5 Å². The number of nitrogen functional groups attached to an aromatic ring is 1. The Kier molecular flexibility index (Phi) is 5.21. The number of benzene rings is 2. The molecule has 2 heterocycles. The lowest BCUT2D eigenvalue weighted by molar-refractivity contribution is 0.0962. The Balaban J connectivity index is 1.46. The molecule has 3 aromatic rings. The number of ether oxygens (including phenoxy) is 2. The average Bonchev–Trinajstić information content (AvgIpc) is 2.74. The van der Waals surface area contributed by atoms with Crippen molar-refractivity contribution in [2.24, 2.45) is 0 Å². The number of hydrogen-bond acceptors (Lipinski definition) is 8. The van der Waals surface area contributed by atoms with Crippen LogP contribution in [0.3, 0.4) is 0 Å². The number of carbonyl (C=O) groups excluding carboxylic acids is 1. The number of aromatic nitrogens is 2. The van der Waals surface area contributed by atoms with E-state index in [0.29, 0.717) is 46.8 Å². The van der Waals surface area contributed by atoms with Gasteiger partial charge in [-0.05, 0) is 30.3 Å². The predicted octanol–water partition coefficient (Wildman–Crippen LogP) is 2.98. The Hall–Kier alpha value is -3.72. The van der Waals surface area contributed by atoms with E-state index >= 15 is 0 Å². The Morgan fingerprint density at radius 3 is 2.66 bits per heavy atom. The van der Waals surface area contributed by atoms with Gasteiger partial charge in [0.15, 0.2) is 23.1 Å². The summed E-state index contributed by atoms with van der Waals surface area (Å²) in [6, 6.07) is 12.0. The second kappa shape index (κ2) is 8.11. The van der Waals surface area contributed by atoms with Gasteiger partial charge >= 0.3 is 0 Å². The van der Waals surface area contributed by atoms with Gasteiger partial charge in [-0.25, -0.2) is 9.97 Å². The van der Waals surface area contributed by atoms with Crippen LogP contribution in [0.5, 0.6) is 11.5 Å². The van der Waals surface area contributed by atoms with Gasteiger partial charge in [0.25, 0.3) is 5.91 Å². The Labute approximate surface area is 171 Å². The molecule has 0 saturated carbocycles. The Morgan fingerprint density at radius 2 is 1.83 bits per heavy atom. The second-order valence-corrected chi connectivity index (χ2v) is 6.49. The summed E-state index contributed by atoms with van der Waals surface area (Å²) in [5.74, 6) is 1.56. The van der Waals surface area contributed by atoms with E-state index in [2.05, 4.69) is 26.1 Å². The Bertz CT molecular complexity index is 1060. The highest BCUT2D eigenvalue weighted by Crippen LogP contribution is 2.34. The number of amides is 1. The molecule has 0 atom stereocenters. The van der Waals surface area contributed by atoms with Gasteiger partial charge in [-0.15, -0.1) is 0 Å². The number of fused-ring (bicyclic) bond motifs is 1. The molecule has 9 nitrogen and oxygen atoms in total. The summed E-state index contributed by atoms with van der Waals surface area (Å²) < 4.78 is 11.1. The zero-order valence-electron chi connectivity index (χ0n) is 15.1. The van der Waals surface area contributed by atoms with Crippen molar-refractivity contribution in [2.75, 3.05) is 29.7 Å². The summed E-state index contributed by atoms with van der Waals surface area (Å²) in [5.41, 5.74) is 12.7. The van der Waals surface area contributed by atoms with Gasteiger partial charge in [-0.1, -0.05) is 17.7 Å². The molecule has 1 aliphatic heterocycles. The summed E-state index contributed by atoms with van der Waals surface area (Å²) in [6.07, 6.45) is 1.32. The summed E-state index contributed by atoms with van der Waals surface area (Å²) >= 11 is 5.91. The van der Waals surface area contributed by atoms with Gasteiger partial charge in [-0.2, -0.15) is 0 Å². The first-order valence-corrected chi connectivity index (χ1v) is 9.07. The zero-order chi connectivity index (χ0) is 20.2. The van der Waals surface area contributed by atoms with E-state index in [4.69, 9.17) is 26.8 Å². The zero-order valence-corrected chi connectivity index (χ0v) is 15.9. The highest BCUT2D eigenvalue weighted by atomic mass is 35.5. The lowest BCUT2D eigenvalue weighted by atomic mass is 10.2. The van der Waals surface area contributed by atoms with E-state index in [0.717, 1.165) is 0 Å². The average molecular weight is 413 g/mol. The fourth-order valence-corrected chi connectivity index (χ4v) is 2.86.